The van der Waals surface area contributed by atoms with Crippen molar-refractivity contribution in [2.75, 3.05) is 0 Å². The summed E-state index contributed by atoms with van der Waals surface area (Å²) in [5.41, 5.74) is 1.51. The van der Waals surface area contributed by atoms with Crippen LogP contribution in [0.4, 0.5) is 0 Å². The van der Waals surface area contributed by atoms with Crippen LogP contribution in [0.3, 0.4) is 0 Å². The fraction of sp³-hybridized carbons (Fsp3) is 0.556. The van der Waals surface area contributed by atoms with Gasteiger partial charge in [0.05, 0.1) is 0 Å². The minimum atomic E-state index is 0.543. The molecule has 56 valence electrons. The second kappa shape index (κ2) is 3.25. The van der Waals surface area contributed by atoms with Gasteiger partial charge in [-0.25, -0.2) is 0 Å². The van der Waals surface area contributed by atoms with Crippen LogP contribution in [0, 0.1) is 5.92 Å². The van der Waals surface area contributed by atoms with Crippen LogP contribution in [0.5, 0.6) is 0 Å². The lowest BCUT2D eigenvalue weighted by Crippen LogP contribution is -2.00. The molecule has 0 spiro atoms. The van der Waals surface area contributed by atoms with Gasteiger partial charge in [0, 0.05) is 5.03 Å². The summed E-state index contributed by atoms with van der Waals surface area (Å²) in [6.45, 7) is 4.35. The molecule has 0 amide bonds. The van der Waals surface area contributed by atoms with Crippen LogP contribution >= 0.6 is 11.6 Å². The van der Waals surface area contributed by atoms with Crippen molar-refractivity contribution in [3.8, 4) is 0 Å². The van der Waals surface area contributed by atoms with Crippen molar-refractivity contribution >= 4 is 11.6 Å². The number of allylic oxidation sites excluding steroid dienone is 4. The second-order valence-corrected chi connectivity index (χ2v) is 3.27. The zero-order valence-corrected chi connectivity index (χ0v) is 7.28. The van der Waals surface area contributed by atoms with Gasteiger partial charge < -0.3 is 0 Å². The van der Waals surface area contributed by atoms with Crippen molar-refractivity contribution in [1.29, 1.82) is 0 Å². The Labute approximate surface area is 67.6 Å². The van der Waals surface area contributed by atoms with E-state index in [2.05, 4.69) is 19.9 Å². The summed E-state index contributed by atoms with van der Waals surface area (Å²) < 4.78 is 0. The molecule has 0 fully saturated rings. The molecule has 0 bridgehead atoms. The van der Waals surface area contributed by atoms with E-state index in [1.165, 1.54) is 5.57 Å². The topological polar surface area (TPSA) is 0 Å². The van der Waals surface area contributed by atoms with E-state index >= 15 is 0 Å². The first kappa shape index (κ1) is 7.87. The van der Waals surface area contributed by atoms with Crippen molar-refractivity contribution in [1.82, 2.24) is 0 Å². The Hall–Kier alpha value is -0.230. The van der Waals surface area contributed by atoms with Crippen molar-refractivity contribution in [3.05, 3.63) is 22.8 Å². The van der Waals surface area contributed by atoms with Gasteiger partial charge in [-0.2, -0.15) is 0 Å². The Morgan fingerprint density at radius 3 is 2.80 bits per heavy atom. The van der Waals surface area contributed by atoms with Gasteiger partial charge >= 0.3 is 0 Å². The van der Waals surface area contributed by atoms with Gasteiger partial charge in [-0.05, 0) is 24.8 Å². The molecule has 0 aromatic carbocycles. The highest BCUT2D eigenvalue weighted by atomic mass is 35.5. The number of rotatable bonds is 1. The molecule has 0 N–H and O–H groups in total. The molecule has 0 aromatic heterocycles. The van der Waals surface area contributed by atoms with E-state index in [1.807, 2.05) is 6.08 Å². The largest absolute Gasteiger partial charge is 0.0888 e. The molecule has 0 aromatic rings. The van der Waals surface area contributed by atoms with Crippen molar-refractivity contribution in [2.45, 2.75) is 26.7 Å². The molecule has 0 saturated heterocycles. The molecule has 1 rings (SSSR count). The average Bonchev–Trinajstić information content (AvgIpc) is 1.95. The monoisotopic (exact) mass is 156 g/mol. The molecule has 1 aliphatic carbocycles. The van der Waals surface area contributed by atoms with Crippen molar-refractivity contribution < 1.29 is 0 Å². The van der Waals surface area contributed by atoms with E-state index in [4.69, 9.17) is 11.6 Å². The Morgan fingerprint density at radius 1 is 1.60 bits per heavy atom. The summed E-state index contributed by atoms with van der Waals surface area (Å²) in [7, 11) is 0. The highest BCUT2D eigenvalue weighted by molar-refractivity contribution is 6.30. The predicted octanol–water partition coefficient (Wildman–Crippen LogP) is 3.49. The van der Waals surface area contributed by atoms with Gasteiger partial charge in [0.2, 0.25) is 0 Å². The SMILES string of the molecule is CCC1=CC=C(Cl)C(C)C1. The lowest BCUT2D eigenvalue weighted by atomic mass is 9.94. The van der Waals surface area contributed by atoms with E-state index in [1.54, 1.807) is 0 Å². The fourth-order valence-corrected chi connectivity index (χ4v) is 1.32. The van der Waals surface area contributed by atoms with E-state index in [0.29, 0.717) is 5.92 Å². The highest BCUT2D eigenvalue weighted by Gasteiger charge is 2.11. The van der Waals surface area contributed by atoms with E-state index in [-0.39, 0.29) is 0 Å². The first-order valence-electron chi connectivity index (χ1n) is 3.79. The van der Waals surface area contributed by atoms with Gasteiger partial charge in [-0.15, -0.1) is 0 Å². The second-order valence-electron chi connectivity index (χ2n) is 2.84. The molecule has 0 heterocycles. The Kier molecular flexibility index (Phi) is 2.56. The molecule has 10 heavy (non-hydrogen) atoms. The number of hydrogen-bond donors (Lipinski definition) is 0. The smallest absolute Gasteiger partial charge is 0.0212 e. The first-order chi connectivity index (χ1) is 4.74. The van der Waals surface area contributed by atoms with Crippen LogP contribution in [0.25, 0.3) is 0 Å². The maximum atomic E-state index is 5.91. The van der Waals surface area contributed by atoms with Crippen molar-refractivity contribution in [2.24, 2.45) is 5.92 Å². The fourth-order valence-electron chi connectivity index (χ4n) is 1.18. The number of hydrogen-bond acceptors (Lipinski definition) is 0. The zero-order chi connectivity index (χ0) is 7.56. The van der Waals surface area contributed by atoms with Crippen molar-refractivity contribution in [3.63, 3.8) is 0 Å². The highest BCUT2D eigenvalue weighted by Crippen LogP contribution is 2.28. The van der Waals surface area contributed by atoms with Crippen LogP contribution < -0.4 is 0 Å². The maximum Gasteiger partial charge on any atom is 0.0212 e. The van der Waals surface area contributed by atoms with E-state index in [0.717, 1.165) is 17.9 Å². The third-order valence-electron chi connectivity index (χ3n) is 1.97. The van der Waals surface area contributed by atoms with Gasteiger partial charge in [-0.3, -0.25) is 0 Å². The van der Waals surface area contributed by atoms with E-state index < -0.39 is 0 Å². The predicted molar refractivity (Wildman–Crippen MR) is 46.1 cm³/mol. The summed E-state index contributed by atoms with van der Waals surface area (Å²) >= 11 is 5.91. The quantitative estimate of drug-likeness (QED) is 0.545. The van der Waals surface area contributed by atoms with Gasteiger partial charge in [-0.1, -0.05) is 37.1 Å². The minimum absolute atomic E-state index is 0.543. The Balaban J connectivity index is 2.68. The average molecular weight is 157 g/mol. The third-order valence-corrected chi connectivity index (χ3v) is 2.47. The Morgan fingerprint density at radius 2 is 2.30 bits per heavy atom. The van der Waals surface area contributed by atoms with Crippen LogP contribution in [0.2, 0.25) is 0 Å². The van der Waals surface area contributed by atoms with Gasteiger partial charge in [0.25, 0.3) is 0 Å². The molecular weight excluding hydrogens is 144 g/mol. The normalized spacial score (nSPS) is 25.7. The maximum absolute atomic E-state index is 5.91. The molecule has 1 atom stereocenters. The molecule has 0 saturated carbocycles. The lowest BCUT2D eigenvalue weighted by Gasteiger charge is -2.15. The summed E-state index contributed by atoms with van der Waals surface area (Å²) in [6.07, 6.45) is 6.47. The number of halogens is 1. The van der Waals surface area contributed by atoms with Crippen LogP contribution in [-0.4, -0.2) is 0 Å². The Bertz CT molecular complexity index is 177. The van der Waals surface area contributed by atoms with Crippen LogP contribution in [-0.2, 0) is 0 Å². The summed E-state index contributed by atoms with van der Waals surface area (Å²) in [4.78, 5) is 0. The zero-order valence-electron chi connectivity index (χ0n) is 6.52. The summed E-state index contributed by atoms with van der Waals surface area (Å²) in [6, 6.07) is 0. The lowest BCUT2D eigenvalue weighted by molar-refractivity contribution is 0.676. The summed E-state index contributed by atoms with van der Waals surface area (Å²) in [5, 5.41) is 0.997. The summed E-state index contributed by atoms with van der Waals surface area (Å²) in [5.74, 6) is 0.543. The van der Waals surface area contributed by atoms with Crippen LogP contribution in [0.15, 0.2) is 22.8 Å². The van der Waals surface area contributed by atoms with Gasteiger partial charge in [0.15, 0.2) is 0 Å². The molecule has 1 heteroatoms. The van der Waals surface area contributed by atoms with Gasteiger partial charge in [0.1, 0.15) is 0 Å². The molecule has 0 aliphatic heterocycles. The van der Waals surface area contributed by atoms with Crippen LogP contribution in [0.1, 0.15) is 26.7 Å². The first-order valence-corrected chi connectivity index (χ1v) is 4.17. The molecular formula is C9H13Cl. The molecule has 1 aliphatic rings. The molecule has 0 radical (unpaired) electrons. The third kappa shape index (κ3) is 1.63. The van der Waals surface area contributed by atoms with E-state index in [9.17, 15) is 0 Å². The molecule has 0 nitrogen and oxygen atoms in total. The standard InChI is InChI=1S/C9H13Cl/c1-3-8-4-5-9(10)7(2)6-8/h4-5,7H,3,6H2,1-2H3. The minimum Gasteiger partial charge on any atom is -0.0888 e. The molecule has 1 unspecified atom stereocenters.